The monoisotopic (exact) mass is 450 g/mol. The van der Waals surface area contributed by atoms with E-state index in [9.17, 15) is 14.3 Å². The Kier molecular flexibility index (Phi) is 6.78. The topological polar surface area (TPSA) is 110 Å². The lowest BCUT2D eigenvalue weighted by atomic mass is 9.88. The number of rotatable bonds is 5. The number of amides is 1. The van der Waals surface area contributed by atoms with Crippen molar-refractivity contribution in [3.63, 3.8) is 0 Å². The Bertz CT molecular complexity index is 1130. The maximum absolute atomic E-state index is 14.4. The molecule has 0 saturated carbocycles. The summed E-state index contributed by atoms with van der Waals surface area (Å²) in [5.74, 6) is -0.946. The molecule has 4 atom stereocenters. The zero-order valence-electron chi connectivity index (χ0n) is 18.5. The van der Waals surface area contributed by atoms with Gasteiger partial charge < -0.3 is 20.9 Å². The minimum atomic E-state index is -0.763. The van der Waals surface area contributed by atoms with Crippen LogP contribution in [0.25, 0.3) is 11.3 Å². The third kappa shape index (κ3) is 4.93. The van der Waals surface area contributed by atoms with E-state index >= 15 is 0 Å². The van der Waals surface area contributed by atoms with Crippen LogP contribution in [0.3, 0.4) is 0 Å². The van der Waals surface area contributed by atoms with Crippen molar-refractivity contribution in [1.29, 1.82) is 0 Å². The van der Waals surface area contributed by atoms with Crippen LogP contribution in [0.4, 0.5) is 10.1 Å². The normalized spacial score (nSPS) is 22.8. The van der Waals surface area contributed by atoms with Gasteiger partial charge in [-0.25, -0.2) is 9.37 Å². The highest BCUT2D eigenvalue weighted by molar-refractivity contribution is 6.03. The summed E-state index contributed by atoms with van der Waals surface area (Å²) in [5, 5.41) is 13.2. The Morgan fingerprint density at radius 3 is 2.70 bits per heavy atom. The summed E-state index contributed by atoms with van der Waals surface area (Å²) in [6, 6.07) is 12.7. The molecule has 172 valence electrons. The Morgan fingerprint density at radius 1 is 1.21 bits per heavy atom. The second kappa shape index (κ2) is 9.74. The molecule has 33 heavy (non-hydrogen) atoms. The molecule has 1 saturated heterocycles. The number of aliphatic hydroxyl groups is 1. The first-order valence-electron chi connectivity index (χ1n) is 10.9. The van der Waals surface area contributed by atoms with Gasteiger partial charge in [-0.05, 0) is 30.5 Å². The van der Waals surface area contributed by atoms with Crippen LogP contribution in [0.15, 0.2) is 60.9 Å². The second-order valence-corrected chi connectivity index (χ2v) is 8.53. The summed E-state index contributed by atoms with van der Waals surface area (Å²) in [4.78, 5) is 21.4. The number of aliphatic hydroxyl groups excluding tert-OH is 1. The number of carbonyl (C=O) groups excluding carboxylic acids is 1. The van der Waals surface area contributed by atoms with E-state index in [2.05, 4.69) is 15.3 Å². The fourth-order valence-corrected chi connectivity index (χ4v) is 4.05. The quantitative estimate of drug-likeness (QED) is 0.547. The SMILES string of the molecule is CC(C)[C@H]1O[C@@H](c2ccncc2NC(=O)c2ccc(F)c(-c3ccccc3)n2)C[C@@H](N)[C@@H]1O. The van der Waals surface area contributed by atoms with Gasteiger partial charge in [-0.3, -0.25) is 9.78 Å². The zero-order chi connectivity index (χ0) is 23.5. The number of pyridine rings is 2. The summed E-state index contributed by atoms with van der Waals surface area (Å²) in [7, 11) is 0. The number of ether oxygens (including phenoxy) is 1. The van der Waals surface area contributed by atoms with Crippen molar-refractivity contribution in [2.45, 2.75) is 44.6 Å². The molecule has 0 aliphatic carbocycles. The van der Waals surface area contributed by atoms with Crippen LogP contribution < -0.4 is 11.1 Å². The minimum Gasteiger partial charge on any atom is -0.389 e. The predicted molar refractivity (Wildman–Crippen MR) is 123 cm³/mol. The molecule has 3 aromatic rings. The van der Waals surface area contributed by atoms with Gasteiger partial charge in [-0.15, -0.1) is 0 Å². The average Bonchev–Trinajstić information content (AvgIpc) is 2.81. The van der Waals surface area contributed by atoms with E-state index in [1.165, 1.54) is 18.3 Å². The molecule has 0 unspecified atom stereocenters. The van der Waals surface area contributed by atoms with Crippen LogP contribution in [0.2, 0.25) is 0 Å². The molecule has 2 aromatic heterocycles. The lowest BCUT2D eigenvalue weighted by Gasteiger charge is -2.40. The fourth-order valence-electron chi connectivity index (χ4n) is 4.05. The van der Waals surface area contributed by atoms with E-state index in [1.807, 2.05) is 19.9 Å². The molecular formula is C25H27FN4O3. The molecule has 0 radical (unpaired) electrons. The minimum absolute atomic E-state index is 0.0635. The number of aromatic nitrogens is 2. The lowest BCUT2D eigenvalue weighted by Crippen LogP contribution is -2.51. The Hall–Kier alpha value is -3.20. The summed E-state index contributed by atoms with van der Waals surface area (Å²) in [6.07, 6.45) is 1.92. The number of carbonyl (C=O) groups is 1. The molecule has 1 amide bonds. The standard InChI is InChI=1S/C25H27FN4O3/c1-14(2)24-23(31)18(27)12-21(33-24)16-10-11-28-13-20(16)30-25(32)19-9-8-17(26)22(29-19)15-6-4-3-5-7-15/h3-11,13-14,18,21,23-24,31H,12,27H2,1-2H3,(H,30,32)/t18-,21-,23+,24-/m1/s1. The van der Waals surface area contributed by atoms with Crippen molar-refractivity contribution in [1.82, 2.24) is 9.97 Å². The van der Waals surface area contributed by atoms with Crippen LogP contribution in [0.5, 0.6) is 0 Å². The number of nitrogens with two attached hydrogens (primary N) is 1. The van der Waals surface area contributed by atoms with Gasteiger partial charge in [0.25, 0.3) is 5.91 Å². The fraction of sp³-hybridized carbons (Fsp3) is 0.320. The molecule has 4 N–H and O–H groups in total. The maximum atomic E-state index is 14.4. The third-order valence-corrected chi connectivity index (χ3v) is 5.82. The van der Waals surface area contributed by atoms with E-state index < -0.39 is 36.1 Å². The van der Waals surface area contributed by atoms with Crippen molar-refractivity contribution in [3.05, 3.63) is 78.0 Å². The maximum Gasteiger partial charge on any atom is 0.274 e. The largest absolute Gasteiger partial charge is 0.389 e. The summed E-state index contributed by atoms with van der Waals surface area (Å²) in [5.41, 5.74) is 8.09. The smallest absolute Gasteiger partial charge is 0.274 e. The van der Waals surface area contributed by atoms with Gasteiger partial charge >= 0.3 is 0 Å². The molecule has 8 heteroatoms. The average molecular weight is 451 g/mol. The van der Waals surface area contributed by atoms with Crippen molar-refractivity contribution in [2.75, 3.05) is 5.32 Å². The highest BCUT2D eigenvalue weighted by Crippen LogP contribution is 2.36. The summed E-state index contributed by atoms with van der Waals surface area (Å²) < 4.78 is 20.5. The number of hydrogen-bond donors (Lipinski definition) is 3. The van der Waals surface area contributed by atoms with E-state index in [1.54, 1.807) is 36.5 Å². The van der Waals surface area contributed by atoms with Crippen LogP contribution in [0, 0.1) is 11.7 Å². The number of hydrogen-bond acceptors (Lipinski definition) is 6. The Balaban J connectivity index is 1.59. The number of anilines is 1. The second-order valence-electron chi connectivity index (χ2n) is 8.53. The Morgan fingerprint density at radius 2 is 1.97 bits per heavy atom. The Labute approximate surface area is 191 Å². The molecule has 1 aliphatic heterocycles. The van der Waals surface area contributed by atoms with Gasteiger partial charge in [0.15, 0.2) is 0 Å². The predicted octanol–water partition coefficient (Wildman–Crippen LogP) is 3.71. The molecule has 1 aliphatic rings. The van der Waals surface area contributed by atoms with Gasteiger partial charge in [0.2, 0.25) is 0 Å². The van der Waals surface area contributed by atoms with E-state index in [-0.39, 0.29) is 17.3 Å². The number of halogens is 1. The van der Waals surface area contributed by atoms with E-state index in [0.717, 1.165) is 0 Å². The van der Waals surface area contributed by atoms with Gasteiger partial charge in [0, 0.05) is 23.4 Å². The first-order valence-corrected chi connectivity index (χ1v) is 10.9. The van der Waals surface area contributed by atoms with E-state index in [0.29, 0.717) is 23.2 Å². The molecule has 0 bridgehead atoms. The molecule has 4 rings (SSSR count). The highest BCUT2D eigenvalue weighted by Gasteiger charge is 2.38. The third-order valence-electron chi connectivity index (χ3n) is 5.82. The number of nitrogens with one attached hydrogen (secondary N) is 1. The first-order chi connectivity index (χ1) is 15.8. The molecule has 7 nitrogen and oxygen atoms in total. The highest BCUT2D eigenvalue weighted by atomic mass is 19.1. The lowest BCUT2D eigenvalue weighted by molar-refractivity contribution is -0.145. The van der Waals surface area contributed by atoms with Crippen LogP contribution in [0.1, 0.15) is 42.4 Å². The zero-order valence-corrected chi connectivity index (χ0v) is 18.5. The van der Waals surface area contributed by atoms with Gasteiger partial charge in [0.05, 0.1) is 30.2 Å². The molecular weight excluding hydrogens is 423 g/mol. The van der Waals surface area contributed by atoms with Gasteiger partial charge in [-0.1, -0.05) is 44.2 Å². The summed E-state index contributed by atoms with van der Waals surface area (Å²) in [6.45, 7) is 3.92. The van der Waals surface area contributed by atoms with Crippen molar-refractivity contribution in [2.24, 2.45) is 11.7 Å². The van der Waals surface area contributed by atoms with Crippen molar-refractivity contribution < 1.29 is 19.0 Å². The van der Waals surface area contributed by atoms with Gasteiger partial charge in [0.1, 0.15) is 17.2 Å². The summed E-state index contributed by atoms with van der Waals surface area (Å²) >= 11 is 0. The van der Waals surface area contributed by atoms with Crippen molar-refractivity contribution >= 4 is 11.6 Å². The van der Waals surface area contributed by atoms with Gasteiger partial charge in [-0.2, -0.15) is 0 Å². The van der Waals surface area contributed by atoms with E-state index in [4.69, 9.17) is 10.5 Å². The molecule has 1 aromatic carbocycles. The van der Waals surface area contributed by atoms with Crippen molar-refractivity contribution in [3.8, 4) is 11.3 Å². The van der Waals surface area contributed by atoms with Crippen LogP contribution in [-0.2, 0) is 4.74 Å². The van der Waals surface area contributed by atoms with Crippen LogP contribution in [-0.4, -0.2) is 39.2 Å². The number of benzene rings is 1. The molecule has 1 fully saturated rings. The molecule has 3 heterocycles. The number of nitrogens with zero attached hydrogens (tertiary/aromatic N) is 2. The van der Waals surface area contributed by atoms with Crippen LogP contribution >= 0.6 is 0 Å². The molecule has 0 spiro atoms. The first kappa shape index (κ1) is 23.0.